The van der Waals surface area contributed by atoms with E-state index in [4.69, 9.17) is 4.74 Å². The molecule has 4 nitrogen and oxygen atoms in total. The summed E-state index contributed by atoms with van der Waals surface area (Å²) in [5.41, 5.74) is 0. The second-order valence-electron chi connectivity index (χ2n) is 5.06. The summed E-state index contributed by atoms with van der Waals surface area (Å²) < 4.78 is 5.23. The summed E-state index contributed by atoms with van der Waals surface area (Å²) in [6.45, 7) is 4.77. The Morgan fingerprint density at radius 2 is 2.18 bits per heavy atom. The van der Waals surface area contributed by atoms with Gasteiger partial charge in [-0.3, -0.25) is 4.79 Å². The summed E-state index contributed by atoms with van der Waals surface area (Å²) >= 11 is 0. The maximum atomic E-state index is 12.0. The van der Waals surface area contributed by atoms with Crippen molar-refractivity contribution < 1.29 is 9.53 Å². The zero-order valence-electron chi connectivity index (χ0n) is 10.8. The summed E-state index contributed by atoms with van der Waals surface area (Å²) in [5, 5.41) is 3.51. The van der Waals surface area contributed by atoms with Gasteiger partial charge in [0.05, 0.1) is 0 Å². The van der Waals surface area contributed by atoms with Crippen LogP contribution in [0.4, 0.5) is 0 Å². The van der Waals surface area contributed by atoms with Crippen LogP contribution in [0.2, 0.25) is 0 Å². The molecule has 0 bridgehead atoms. The number of carbonyl (C=O) groups excluding carboxylic acids is 1. The Kier molecular flexibility index (Phi) is 4.80. The van der Waals surface area contributed by atoms with Crippen LogP contribution in [0.15, 0.2) is 0 Å². The quantitative estimate of drug-likeness (QED) is 0.757. The molecule has 17 heavy (non-hydrogen) atoms. The van der Waals surface area contributed by atoms with Crippen molar-refractivity contribution >= 4 is 5.91 Å². The van der Waals surface area contributed by atoms with E-state index in [0.29, 0.717) is 18.7 Å². The smallest absolute Gasteiger partial charge is 0.248 e. The molecule has 2 fully saturated rings. The second kappa shape index (κ2) is 6.36. The average Bonchev–Trinajstić information content (AvgIpc) is 3.18. The molecule has 4 heteroatoms. The van der Waals surface area contributed by atoms with Gasteiger partial charge in [-0.25, -0.2) is 0 Å². The Hall–Kier alpha value is -0.610. The molecule has 0 aromatic heterocycles. The van der Waals surface area contributed by atoms with Crippen LogP contribution >= 0.6 is 0 Å². The van der Waals surface area contributed by atoms with Crippen molar-refractivity contribution in [3.8, 4) is 0 Å². The zero-order valence-corrected chi connectivity index (χ0v) is 10.8. The van der Waals surface area contributed by atoms with E-state index in [-0.39, 0.29) is 12.5 Å². The van der Waals surface area contributed by atoms with E-state index < -0.39 is 0 Å². The predicted molar refractivity (Wildman–Crippen MR) is 66.9 cm³/mol. The maximum Gasteiger partial charge on any atom is 0.248 e. The SMILES string of the molecule is CCOCC(=O)N(CC1CCCCN1)C1CC1. The molecule has 1 N–H and O–H groups in total. The number of carbonyl (C=O) groups is 1. The van der Waals surface area contributed by atoms with Gasteiger partial charge in [0.2, 0.25) is 5.91 Å². The van der Waals surface area contributed by atoms with E-state index in [0.717, 1.165) is 13.1 Å². The Balaban J connectivity index is 1.81. The Morgan fingerprint density at radius 3 is 2.76 bits per heavy atom. The predicted octanol–water partition coefficient (Wildman–Crippen LogP) is 1.16. The zero-order chi connectivity index (χ0) is 12.1. The van der Waals surface area contributed by atoms with E-state index in [2.05, 4.69) is 5.32 Å². The highest BCUT2D eigenvalue weighted by Crippen LogP contribution is 2.27. The monoisotopic (exact) mass is 240 g/mol. The lowest BCUT2D eigenvalue weighted by Gasteiger charge is -2.30. The first-order valence-corrected chi connectivity index (χ1v) is 6.92. The third-order valence-electron chi connectivity index (χ3n) is 3.57. The number of piperidine rings is 1. The van der Waals surface area contributed by atoms with Crippen molar-refractivity contribution in [2.75, 3.05) is 26.3 Å². The van der Waals surface area contributed by atoms with Crippen LogP contribution in [-0.4, -0.2) is 49.2 Å². The first-order chi connectivity index (χ1) is 8.31. The van der Waals surface area contributed by atoms with Crippen LogP contribution in [-0.2, 0) is 9.53 Å². The lowest BCUT2D eigenvalue weighted by atomic mass is 10.0. The van der Waals surface area contributed by atoms with Gasteiger partial charge in [0, 0.05) is 25.2 Å². The molecule has 1 aliphatic carbocycles. The van der Waals surface area contributed by atoms with Gasteiger partial charge in [-0.1, -0.05) is 6.42 Å². The molecule has 1 aliphatic heterocycles. The molecule has 2 aliphatic rings. The van der Waals surface area contributed by atoms with Crippen LogP contribution in [0.1, 0.15) is 39.0 Å². The largest absolute Gasteiger partial charge is 0.372 e. The van der Waals surface area contributed by atoms with E-state index in [1.807, 2.05) is 11.8 Å². The van der Waals surface area contributed by atoms with E-state index in [1.165, 1.54) is 32.1 Å². The van der Waals surface area contributed by atoms with Gasteiger partial charge in [0.15, 0.2) is 0 Å². The molecule has 1 saturated carbocycles. The molecule has 0 radical (unpaired) electrons. The Labute approximate surface area is 104 Å². The number of ether oxygens (including phenoxy) is 1. The Bertz CT molecular complexity index is 248. The Morgan fingerprint density at radius 1 is 1.35 bits per heavy atom. The molecule has 1 saturated heterocycles. The van der Waals surface area contributed by atoms with Gasteiger partial charge in [-0.2, -0.15) is 0 Å². The summed E-state index contributed by atoms with van der Waals surface area (Å²) in [5.74, 6) is 0.168. The molecule has 98 valence electrons. The standard InChI is InChI=1S/C13H24N2O2/c1-2-17-10-13(16)15(12-6-7-12)9-11-5-3-4-8-14-11/h11-12,14H,2-10H2,1H3. The number of hydrogen-bond donors (Lipinski definition) is 1. The summed E-state index contributed by atoms with van der Waals surface area (Å²) in [6, 6.07) is 0.988. The molecular weight excluding hydrogens is 216 g/mol. The van der Waals surface area contributed by atoms with Gasteiger partial charge in [0.1, 0.15) is 6.61 Å². The summed E-state index contributed by atoms with van der Waals surface area (Å²) in [7, 11) is 0. The normalized spacial score (nSPS) is 24.6. The molecule has 1 amide bonds. The van der Waals surface area contributed by atoms with Crippen LogP contribution in [0.25, 0.3) is 0 Å². The molecule has 2 rings (SSSR count). The third kappa shape index (κ3) is 3.96. The van der Waals surface area contributed by atoms with Crippen LogP contribution in [0.5, 0.6) is 0 Å². The highest BCUT2D eigenvalue weighted by Gasteiger charge is 2.33. The van der Waals surface area contributed by atoms with Crippen molar-refractivity contribution in [3.05, 3.63) is 0 Å². The summed E-state index contributed by atoms with van der Waals surface area (Å²) in [4.78, 5) is 14.1. The van der Waals surface area contributed by atoms with Crippen LogP contribution in [0, 0.1) is 0 Å². The van der Waals surface area contributed by atoms with Crippen LogP contribution < -0.4 is 5.32 Å². The number of hydrogen-bond acceptors (Lipinski definition) is 3. The first-order valence-electron chi connectivity index (χ1n) is 6.92. The minimum Gasteiger partial charge on any atom is -0.372 e. The lowest BCUT2D eigenvalue weighted by Crippen LogP contribution is -2.47. The number of nitrogens with one attached hydrogen (secondary N) is 1. The highest BCUT2D eigenvalue weighted by atomic mass is 16.5. The third-order valence-corrected chi connectivity index (χ3v) is 3.57. The van der Waals surface area contributed by atoms with Gasteiger partial charge in [-0.15, -0.1) is 0 Å². The second-order valence-corrected chi connectivity index (χ2v) is 5.06. The van der Waals surface area contributed by atoms with Gasteiger partial charge in [0.25, 0.3) is 0 Å². The average molecular weight is 240 g/mol. The van der Waals surface area contributed by atoms with Gasteiger partial charge < -0.3 is 15.0 Å². The number of rotatable bonds is 6. The van der Waals surface area contributed by atoms with E-state index in [9.17, 15) is 4.79 Å². The maximum absolute atomic E-state index is 12.0. The minimum absolute atomic E-state index is 0.168. The molecule has 1 atom stereocenters. The van der Waals surface area contributed by atoms with E-state index in [1.54, 1.807) is 0 Å². The van der Waals surface area contributed by atoms with Crippen LogP contribution in [0.3, 0.4) is 0 Å². The highest BCUT2D eigenvalue weighted by molar-refractivity contribution is 5.78. The van der Waals surface area contributed by atoms with Crippen molar-refractivity contribution in [2.24, 2.45) is 0 Å². The summed E-state index contributed by atoms with van der Waals surface area (Å²) in [6.07, 6.45) is 6.10. The molecule has 1 unspecified atom stereocenters. The number of nitrogens with zero attached hydrogens (tertiary/aromatic N) is 1. The fourth-order valence-corrected chi connectivity index (χ4v) is 2.43. The molecule has 0 aromatic carbocycles. The molecular formula is C13H24N2O2. The minimum atomic E-state index is 0.168. The van der Waals surface area contributed by atoms with Crippen molar-refractivity contribution in [1.82, 2.24) is 10.2 Å². The van der Waals surface area contributed by atoms with Gasteiger partial charge in [-0.05, 0) is 39.2 Å². The van der Waals surface area contributed by atoms with Crippen molar-refractivity contribution in [1.29, 1.82) is 0 Å². The van der Waals surface area contributed by atoms with Crippen molar-refractivity contribution in [2.45, 2.75) is 51.1 Å². The fraction of sp³-hybridized carbons (Fsp3) is 0.923. The number of amides is 1. The molecule has 0 spiro atoms. The van der Waals surface area contributed by atoms with E-state index >= 15 is 0 Å². The fourth-order valence-electron chi connectivity index (χ4n) is 2.43. The molecule has 1 heterocycles. The van der Waals surface area contributed by atoms with Gasteiger partial charge >= 0.3 is 0 Å². The molecule has 0 aromatic rings. The topological polar surface area (TPSA) is 41.6 Å². The first kappa shape index (κ1) is 12.8. The van der Waals surface area contributed by atoms with Crippen molar-refractivity contribution in [3.63, 3.8) is 0 Å². The lowest BCUT2D eigenvalue weighted by molar-refractivity contribution is -0.137.